The van der Waals surface area contributed by atoms with Crippen LogP contribution in [-0.2, 0) is 6.42 Å². The van der Waals surface area contributed by atoms with E-state index in [1.165, 1.54) is 0 Å². The Morgan fingerprint density at radius 2 is 1.89 bits per heavy atom. The average Bonchev–Trinajstić information content (AvgIpc) is 2.34. The molecule has 2 rings (SSSR count). The van der Waals surface area contributed by atoms with E-state index >= 15 is 0 Å². The van der Waals surface area contributed by atoms with Crippen molar-refractivity contribution in [3.8, 4) is 0 Å². The standard InChI is InChI=1S/C14H13Cl2IN2/c15-10-2-1-9(12(16)7-10)5-6-19-14-4-3-11(17)8-13(14)18/h1-4,7-8,19H,5-6,18H2. The molecule has 0 aliphatic heterocycles. The summed E-state index contributed by atoms with van der Waals surface area (Å²) in [4.78, 5) is 0. The van der Waals surface area contributed by atoms with Crippen LogP contribution >= 0.6 is 45.8 Å². The molecule has 2 aromatic rings. The van der Waals surface area contributed by atoms with Crippen LogP contribution < -0.4 is 11.1 Å². The molecule has 0 atom stereocenters. The second kappa shape index (κ2) is 6.68. The Kier molecular flexibility index (Phi) is 5.19. The molecule has 0 spiro atoms. The number of anilines is 2. The Hall–Kier alpha value is -0.650. The summed E-state index contributed by atoms with van der Waals surface area (Å²) < 4.78 is 1.13. The molecule has 0 aromatic heterocycles. The Morgan fingerprint density at radius 3 is 2.58 bits per heavy atom. The fourth-order valence-electron chi connectivity index (χ4n) is 1.75. The molecule has 2 aromatic carbocycles. The third kappa shape index (κ3) is 4.16. The van der Waals surface area contributed by atoms with Crippen LogP contribution in [0, 0.1) is 3.57 Å². The van der Waals surface area contributed by atoms with Crippen LogP contribution in [0.2, 0.25) is 10.0 Å². The summed E-state index contributed by atoms with van der Waals surface area (Å²) in [5.74, 6) is 0. The first-order valence-electron chi connectivity index (χ1n) is 5.79. The number of halogens is 3. The fraction of sp³-hybridized carbons (Fsp3) is 0.143. The number of benzene rings is 2. The van der Waals surface area contributed by atoms with E-state index < -0.39 is 0 Å². The lowest BCUT2D eigenvalue weighted by atomic mass is 10.1. The van der Waals surface area contributed by atoms with E-state index in [0.717, 1.165) is 33.5 Å². The molecular weight excluding hydrogens is 394 g/mol. The van der Waals surface area contributed by atoms with Crippen molar-refractivity contribution >= 4 is 57.2 Å². The van der Waals surface area contributed by atoms with Crippen LogP contribution in [0.3, 0.4) is 0 Å². The number of nitrogens with one attached hydrogen (secondary N) is 1. The van der Waals surface area contributed by atoms with Gasteiger partial charge in [-0.15, -0.1) is 0 Å². The van der Waals surface area contributed by atoms with Gasteiger partial charge in [0.05, 0.1) is 11.4 Å². The van der Waals surface area contributed by atoms with Gasteiger partial charge in [0.15, 0.2) is 0 Å². The van der Waals surface area contributed by atoms with Crippen molar-refractivity contribution in [2.75, 3.05) is 17.6 Å². The molecule has 0 amide bonds. The first-order chi connectivity index (χ1) is 9.06. The zero-order valence-corrected chi connectivity index (χ0v) is 13.8. The highest BCUT2D eigenvalue weighted by atomic mass is 127. The normalized spacial score (nSPS) is 10.5. The molecule has 3 N–H and O–H groups in total. The quantitative estimate of drug-likeness (QED) is 0.563. The van der Waals surface area contributed by atoms with Gasteiger partial charge in [-0.25, -0.2) is 0 Å². The van der Waals surface area contributed by atoms with E-state index in [-0.39, 0.29) is 0 Å². The van der Waals surface area contributed by atoms with Gasteiger partial charge in [0.2, 0.25) is 0 Å². The van der Waals surface area contributed by atoms with E-state index in [2.05, 4.69) is 27.9 Å². The minimum atomic E-state index is 0.656. The Balaban J connectivity index is 1.96. The van der Waals surface area contributed by atoms with E-state index in [1.807, 2.05) is 30.3 Å². The van der Waals surface area contributed by atoms with Gasteiger partial charge in [-0.2, -0.15) is 0 Å². The van der Waals surface area contributed by atoms with Gasteiger partial charge in [-0.3, -0.25) is 0 Å². The van der Waals surface area contributed by atoms with Gasteiger partial charge in [0.1, 0.15) is 0 Å². The van der Waals surface area contributed by atoms with Crippen molar-refractivity contribution < 1.29 is 0 Å². The average molecular weight is 407 g/mol. The van der Waals surface area contributed by atoms with Crippen LogP contribution in [0.15, 0.2) is 36.4 Å². The summed E-state index contributed by atoms with van der Waals surface area (Å²) in [5.41, 5.74) is 8.72. The number of nitrogens with two attached hydrogens (primary N) is 1. The smallest absolute Gasteiger partial charge is 0.0574 e. The predicted molar refractivity (Wildman–Crippen MR) is 92.2 cm³/mol. The molecule has 5 heteroatoms. The van der Waals surface area contributed by atoms with Crippen LogP contribution in [0.4, 0.5) is 11.4 Å². The minimum Gasteiger partial charge on any atom is -0.397 e. The van der Waals surface area contributed by atoms with Gasteiger partial charge in [-0.05, 0) is 64.9 Å². The van der Waals surface area contributed by atoms with Crippen molar-refractivity contribution in [2.24, 2.45) is 0 Å². The first kappa shape index (κ1) is 14.8. The van der Waals surface area contributed by atoms with Crippen LogP contribution in [-0.4, -0.2) is 6.54 Å². The van der Waals surface area contributed by atoms with Gasteiger partial charge < -0.3 is 11.1 Å². The second-order valence-electron chi connectivity index (χ2n) is 4.14. The van der Waals surface area contributed by atoms with Gasteiger partial charge >= 0.3 is 0 Å². The summed E-state index contributed by atoms with van der Waals surface area (Å²) in [6.45, 7) is 0.770. The molecule has 0 unspecified atom stereocenters. The molecule has 0 aliphatic rings. The van der Waals surface area contributed by atoms with E-state index in [1.54, 1.807) is 6.07 Å². The predicted octanol–water partition coefficient (Wildman–Crippen LogP) is 4.83. The Labute approximate surface area is 136 Å². The zero-order valence-electron chi connectivity index (χ0n) is 10.1. The monoisotopic (exact) mass is 406 g/mol. The molecular formula is C14H13Cl2IN2. The van der Waals surface area contributed by atoms with Gasteiger partial charge in [0, 0.05) is 20.2 Å². The van der Waals surface area contributed by atoms with Crippen molar-refractivity contribution in [1.29, 1.82) is 0 Å². The highest BCUT2D eigenvalue weighted by Crippen LogP contribution is 2.23. The maximum atomic E-state index is 6.13. The van der Waals surface area contributed by atoms with Crippen molar-refractivity contribution in [3.05, 3.63) is 55.6 Å². The molecule has 0 radical (unpaired) electrons. The third-order valence-electron chi connectivity index (χ3n) is 2.74. The molecule has 0 heterocycles. The Bertz CT molecular complexity index is 536. The first-order valence-corrected chi connectivity index (χ1v) is 7.62. The summed E-state index contributed by atoms with van der Waals surface area (Å²) in [6, 6.07) is 11.5. The Morgan fingerprint density at radius 1 is 1.11 bits per heavy atom. The lowest BCUT2D eigenvalue weighted by molar-refractivity contribution is 1.02. The zero-order chi connectivity index (χ0) is 13.8. The molecule has 0 saturated carbocycles. The number of hydrogen-bond donors (Lipinski definition) is 2. The van der Waals surface area contributed by atoms with Crippen LogP contribution in [0.5, 0.6) is 0 Å². The highest BCUT2D eigenvalue weighted by Gasteiger charge is 2.03. The molecule has 0 aliphatic carbocycles. The maximum absolute atomic E-state index is 6.13. The number of rotatable bonds is 4. The lowest BCUT2D eigenvalue weighted by Crippen LogP contribution is -2.07. The summed E-state index contributed by atoms with van der Waals surface area (Å²) in [6.07, 6.45) is 0.821. The van der Waals surface area contributed by atoms with Gasteiger partial charge in [0.25, 0.3) is 0 Å². The molecule has 0 bridgehead atoms. The second-order valence-corrected chi connectivity index (χ2v) is 6.23. The van der Waals surface area contributed by atoms with Gasteiger partial charge in [-0.1, -0.05) is 29.3 Å². The summed E-state index contributed by atoms with van der Waals surface area (Å²) >= 11 is 14.2. The van der Waals surface area contributed by atoms with Crippen LogP contribution in [0.25, 0.3) is 0 Å². The number of nitrogen functional groups attached to an aromatic ring is 1. The van der Waals surface area contributed by atoms with Crippen molar-refractivity contribution in [3.63, 3.8) is 0 Å². The molecule has 0 fully saturated rings. The van der Waals surface area contributed by atoms with Crippen molar-refractivity contribution in [1.82, 2.24) is 0 Å². The summed E-state index contributed by atoms with van der Waals surface area (Å²) in [7, 11) is 0. The highest BCUT2D eigenvalue weighted by molar-refractivity contribution is 14.1. The SMILES string of the molecule is Nc1cc(I)ccc1NCCc1ccc(Cl)cc1Cl. The lowest BCUT2D eigenvalue weighted by Gasteiger charge is -2.10. The fourth-order valence-corrected chi connectivity index (χ4v) is 2.77. The third-order valence-corrected chi connectivity index (χ3v) is 4.00. The molecule has 100 valence electrons. The van der Waals surface area contributed by atoms with Crippen molar-refractivity contribution in [2.45, 2.75) is 6.42 Å². The molecule has 0 saturated heterocycles. The maximum Gasteiger partial charge on any atom is 0.0574 e. The van der Waals surface area contributed by atoms with E-state index in [4.69, 9.17) is 28.9 Å². The summed E-state index contributed by atoms with van der Waals surface area (Å²) in [5, 5.41) is 4.67. The topological polar surface area (TPSA) is 38.0 Å². The number of hydrogen-bond acceptors (Lipinski definition) is 2. The molecule has 2 nitrogen and oxygen atoms in total. The van der Waals surface area contributed by atoms with Crippen LogP contribution in [0.1, 0.15) is 5.56 Å². The van der Waals surface area contributed by atoms with E-state index in [9.17, 15) is 0 Å². The van der Waals surface area contributed by atoms with E-state index in [0.29, 0.717) is 10.0 Å². The largest absolute Gasteiger partial charge is 0.397 e. The molecule has 19 heavy (non-hydrogen) atoms. The minimum absolute atomic E-state index is 0.656.